The number of thiocarbonyl (C=S) groups is 1. The Kier molecular flexibility index (Phi) is 8.35. The first-order valence-corrected chi connectivity index (χ1v) is 10.2. The summed E-state index contributed by atoms with van der Waals surface area (Å²) in [6.45, 7) is 9.62. The van der Waals surface area contributed by atoms with Crippen LogP contribution in [0, 0.1) is 6.92 Å². The van der Waals surface area contributed by atoms with Crippen molar-refractivity contribution in [3.8, 4) is 0 Å². The fourth-order valence-electron chi connectivity index (χ4n) is 2.56. The molecule has 2 rings (SSSR count). The van der Waals surface area contributed by atoms with Crippen molar-refractivity contribution in [3.63, 3.8) is 0 Å². The molecule has 0 heterocycles. The summed E-state index contributed by atoms with van der Waals surface area (Å²) in [6.07, 6.45) is -0.560. The van der Waals surface area contributed by atoms with E-state index in [0.717, 1.165) is 5.56 Å². The zero-order valence-corrected chi connectivity index (χ0v) is 18.8. The van der Waals surface area contributed by atoms with E-state index >= 15 is 0 Å². The number of hydrogen-bond donors (Lipinski definition) is 2. The number of nitrogens with one attached hydrogen (secondary N) is 2. The molecular formula is C23H28N2O4S. The molecule has 0 amide bonds. The van der Waals surface area contributed by atoms with Crippen LogP contribution in [0.2, 0.25) is 0 Å². The van der Waals surface area contributed by atoms with Gasteiger partial charge in [0.2, 0.25) is 0 Å². The van der Waals surface area contributed by atoms with Crippen LogP contribution in [0.5, 0.6) is 0 Å². The highest BCUT2D eigenvalue weighted by Gasteiger charge is 2.17. The van der Waals surface area contributed by atoms with Gasteiger partial charge in [-0.15, -0.1) is 0 Å². The summed E-state index contributed by atoms with van der Waals surface area (Å²) in [7, 11) is 0. The van der Waals surface area contributed by atoms with Crippen molar-refractivity contribution in [3.05, 3.63) is 64.7 Å². The third-order valence-corrected chi connectivity index (χ3v) is 4.17. The van der Waals surface area contributed by atoms with Gasteiger partial charge in [-0.1, -0.05) is 29.8 Å². The van der Waals surface area contributed by atoms with Crippen molar-refractivity contribution >= 4 is 35.0 Å². The molecule has 0 saturated heterocycles. The van der Waals surface area contributed by atoms with Crippen molar-refractivity contribution in [2.45, 2.75) is 53.4 Å². The van der Waals surface area contributed by atoms with E-state index < -0.39 is 11.9 Å². The van der Waals surface area contributed by atoms with Gasteiger partial charge in [-0.25, -0.2) is 9.59 Å². The van der Waals surface area contributed by atoms with Crippen LogP contribution in [0.15, 0.2) is 42.5 Å². The number of hydrogen-bond acceptors (Lipinski definition) is 5. The molecule has 0 bridgehead atoms. The van der Waals surface area contributed by atoms with Crippen LogP contribution in [-0.2, 0) is 16.0 Å². The van der Waals surface area contributed by atoms with Crippen molar-refractivity contribution in [2.75, 3.05) is 5.32 Å². The second-order valence-electron chi connectivity index (χ2n) is 7.50. The van der Waals surface area contributed by atoms with E-state index in [-0.39, 0.29) is 23.3 Å². The minimum absolute atomic E-state index is 0.241. The average Bonchev–Trinajstić information content (AvgIpc) is 2.66. The van der Waals surface area contributed by atoms with E-state index in [4.69, 9.17) is 21.7 Å². The molecular weight excluding hydrogens is 400 g/mol. The van der Waals surface area contributed by atoms with E-state index in [9.17, 15) is 9.59 Å². The number of benzene rings is 2. The molecule has 30 heavy (non-hydrogen) atoms. The van der Waals surface area contributed by atoms with Crippen LogP contribution in [0.25, 0.3) is 0 Å². The Morgan fingerprint density at radius 1 is 0.900 bits per heavy atom. The molecule has 0 saturated carbocycles. The Morgan fingerprint density at radius 3 is 1.87 bits per heavy atom. The number of carbonyl (C=O) groups is 2. The summed E-state index contributed by atoms with van der Waals surface area (Å²) in [4.78, 5) is 24.8. The highest BCUT2D eigenvalue weighted by molar-refractivity contribution is 7.80. The number of ether oxygens (including phenoxy) is 2. The minimum atomic E-state index is -0.522. The van der Waals surface area contributed by atoms with Crippen molar-refractivity contribution in [2.24, 2.45) is 0 Å². The van der Waals surface area contributed by atoms with Crippen LogP contribution in [-0.4, -0.2) is 29.3 Å². The summed E-state index contributed by atoms with van der Waals surface area (Å²) in [6, 6.07) is 12.8. The summed E-state index contributed by atoms with van der Waals surface area (Å²) in [5.41, 5.74) is 3.24. The standard InChI is InChI=1S/C23H28N2O4S/c1-14(2)28-21(26)18-10-19(22(27)29-15(3)4)12-20(11-18)25-23(30)24-13-17-8-6-16(5)7-9-17/h6-12,14-15H,13H2,1-5H3,(H2,24,25,30). The van der Waals surface area contributed by atoms with E-state index in [1.807, 2.05) is 31.2 Å². The normalized spacial score (nSPS) is 10.6. The molecule has 0 atom stereocenters. The fourth-order valence-corrected chi connectivity index (χ4v) is 2.75. The van der Waals surface area contributed by atoms with Crippen LogP contribution in [0.1, 0.15) is 59.5 Å². The van der Waals surface area contributed by atoms with Gasteiger partial charge >= 0.3 is 11.9 Å². The molecule has 7 heteroatoms. The van der Waals surface area contributed by atoms with Gasteiger partial charge in [-0.2, -0.15) is 0 Å². The Morgan fingerprint density at radius 2 is 1.40 bits per heavy atom. The maximum atomic E-state index is 12.4. The highest BCUT2D eigenvalue weighted by atomic mass is 32.1. The lowest BCUT2D eigenvalue weighted by Crippen LogP contribution is -2.28. The largest absolute Gasteiger partial charge is 0.459 e. The van der Waals surface area contributed by atoms with Gasteiger partial charge in [0.05, 0.1) is 23.3 Å². The molecule has 0 unspecified atom stereocenters. The predicted molar refractivity (Wildman–Crippen MR) is 122 cm³/mol. The van der Waals surface area contributed by atoms with Crippen molar-refractivity contribution in [1.82, 2.24) is 5.32 Å². The molecule has 0 aromatic heterocycles. The van der Waals surface area contributed by atoms with E-state index in [1.54, 1.807) is 39.8 Å². The van der Waals surface area contributed by atoms with E-state index in [2.05, 4.69) is 10.6 Å². The molecule has 2 aromatic rings. The Labute approximate surface area is 183 Å². The molecule has 0 spiro atoms. The molecule has 0 aliphatic rings. The SMILES string of the molecule is Cc1ccc(CNC(=S)Nc2cc(C(=O)OC(C)C)cc(C(=O)OC(C)C)c2)cc1. The Hall–Kier alpha value is -2.93. The zero-order valence-electron chi connectivity index (χ0n) is 17.9. The number of anilines is 1. The first kappa shape index (κ1) is 23.3. The number of carbonyl (C=O) groups excluding carboxylic acids is 2. The maximum absolute atomic E-state index is 12.4. The maximum Gasteiger partial charge on any atom is 0.338 e. The number of rotatable bonds is 7. The first-order chi connectivity index (χ1) is 14.1. The van der Waals surface area contributed by atoms with E-state index in [1.165, 1.54) is 11.6 Å². The molecule has 0 aliphatic carbocycles. The second-order valence-corrected chi connectivity index (χ2v) is 7.91. The fraction of sp³-hybridized carbons (Fsp3) is 0.348. The first-order valence-electron chi connectivity index (χ1n) is 9.81. The summed E-state index contributed by atoms with van der Waals surface area (Å²) in [5.74, 6) is -1.04. The highest BCUT2D eigenvalue weighted by Crippen LogP contribution is 2.18. The summed E-state index contributed by atoms with van der Waals surface area (Å²) >= 11 is 5.36. The topological polar surface area (TPSA) is 76.7 Å². The Bertz CT molecular complexity index is 868. The van der Waals surface area contributed by atoms with Crippen LogP contribution in [0.4, 0.5) is 5.69 Å². The molecule has 160 valence electrons. The third kappa shape index (κ3) is 7.48. The molecule has 0 aliphatic heterocycles. The molecule has 2 N–H and O–H groups in total. The molecule has 0 radical (unpaired) electrons. The summed E-state index contributed by atoms with van der Waals surface area (Å²) in [5, 5.41) is 6.51. The van der Waals surface area contributed by atoms with Gasteiger partial charge in [-0.3, -0.25) is 0 Å². The lowest BCUT2D eigenvalue weighted by molar-refractivity contribution is 0.0377. The lowest BCUT2D eigenvalue weighted by atomic mass is 10.1. The van der Waals surface area contributed by atoms with Crippen LogP contribution >= 0.6 is 12.2 Å². The number of aryl methyl sites for hydroxylation is 1. The van der Waals surface area contributed by atoms with Gasteiger partial charge in [0.15, 0.2) is 5.11 Å². The smallest absolute Gasteiger partial charge is 0.338 e. The molecule has 2 aromatic carbocycles. The third-order valence-electron chi connectivity index (χ3n) is 3.92. The zero-order chi connectivity index (χ0) is 22.3. The Balaban J connectivity index is 2.17. The van der Waals surface area contributed by atoms with Gasteiger partial charge < -0.3 is 20.1 Å². The van der Waals surface area contributed by atoms with Crippen LogP contribution in [0.3, 0.4) is 0 Å². The summed E-state index contributed by atoms with van der Waals surface area (Å²) < 4.78 is 10.5. The van der Waals surface area contributed by atoms with Gasteiger partial charge in [-0.05, 0) is 70.6 Å². The molecule has 6 nitrogen and oxygen atoms in total. The average molecular weight is 429 g/mol. The van der Waals surface area contributed by atoms with Crippen molar-refractivity contribution < 1.29 is 19.1 Å². The molecule has 0 fully saturated rings. The quantitative estimate of drug-likeness (QED) is 0.492. The monoisotopic (exact) mass is 428 g/mol. The second kappa shape index (κ2) is 10.7. The minimum Gasteiger partial charge on any atom is -0.459 e. The van der Waals surface area contributed by atoms with Gasteiger partial charge in [0.1, 0.15) is 0 Å². The van der Waals surface area contributed by atoms with Crippen LogP contribution < -0.4 is 10.6 Å². The number of esters is 2. The van der Waals surface area contributed by atoms with Crippen molar-refractivity contribution in [1.29, 1.82) is 0 Å². The lowest BCUT2D eigenvalue weighted by Gasteiger charge is -2.15. The van der Waals surface area contributed by atoms with Gasteiger partial charge in [0, 0.05) is 12.2 Å². The van der Waals surface area contributed by atoms with E-state index in [0.29, 0.717) is 17.3 Å². The predicted octanol–water partition coefficient (Wildman–Crippen LogP) is 4.61. The van der Waals surface area contributed by atoms with Gasteiger partial charge in [0.25, 0.3) is 0 Å².